The molecule has 0 aromatic heterocycles. The Bertz CT molecular complexity index is 612. The molecule has 18 heavy (non-hydrogen) atoms. The minimum atomic E-state index is -0.364. The first kappa shape index (κ1) is 12.9. The Labute approximate surface area is 114 Å². The molecule has 0 aliphatic heterocycles. The molecular formula is C14H8Cl2FN. The Kier molecular flexibility index (Phi) is 3.86. The van der Waals surface area contributed by atoms with Crippen LogP contribution in [0.25, 0.3) is 11.1 Å². The highest BCUT2D eigenvalue weighted by atomic mass is 35.5. The lowest BCUT2D eigenvalue weighted by Crippen LogP contribution is -1.90. The fraction of sp³-hybridized carbons (Fsp3) is 0.0714. The summed E-state index contributed by atoms with van der Waals surface area (Å²) >= 11 is 11.9. The average molecular weight is 280 g/mol. The van der Waals surface area contributed by atoms with Gasteiger partial charge in [0.05, 0.1) is 12.5 Å². The summed E-state index contributed by atoms with van der Waals surface area (Å²) in [6, 6.07) is 11.5. The molecule has 0 N–H and O–H groups in total. The van der Waals surface area contributed by atoms with E-state index >= 15 is 0 Å². The average Bonchev–Trinajstić information content (AvgIpc) is 2.28. The van der Waals surface area contributed by atoms with Crippen molar-refractivity contribution in [3.63, 3.8) is 0 Å². The number of benzene rings is 2. The van der Waals surface area contributed by atoms with Gasteiger partial charge in [0.2, 0.25) is 0 Å². The second kappa shape index (κ2) is 5.39. The zero-order valence-corrected chi connectivity index (χ0v) is 10.8. The van der Waals surface area contributed by atoms with Crippen molar-refractivity contribution in [1.29, 1.82) is 5.26 Å². The van der Waals surface area contributed by atoms with Crippen LogP contribution in [0.15, 0.2) is 36.4 Å². The van der Waals surface area contributed by atoms with E-state index in [0.717, 1.165) is 11.1 Å². The number of rotatable bonds is 2. The van der Waals surface area contributed by atoms with Crippen molar-refractivity contribution in [1.82, 2.24) is 0 Å². The predicted molar refractivity (Wildman–Crippen MR) is 71.2 cm³/mol. The van der Waals surface area contributed by atoms with Crippen LogP contribution < -0.4 is 0 Å². The van der Waals surface area contributed by atoms with Gasteiger partial charge in [-0.05, 0) is 47.0 Å². The first-order chi connectivity index (χ1) is 8.60. The molecular weight excluding hydrogens is 272 g/mol. The number of hydrogen-bond acceptors (Lipinski definition) is 1. The number of halogens is 3. The van der Waals surface area contributed by atoms with Gasteiger partial charge in [0.25, 0.3) is 0 Å². The van der Waals surface area contributed by atoms with Crippen molar-refractivity contribution in [2.24, 2.45) is 0 Å². The quantitative estimate of drug-likeness (QED) is 0.770. The molecule has 0 fully saturated rings. The molecule has 0 aliphatic rings. The van der Waals surface area contributed by atoms with E-state index in [2.05, 4.69) is 0 Å². The molecule has 0 atom stereocenters. The summed E-state index contributed by atoms with van der Waals surface area (Å²) in [6.07, 6.45) is 0.136. The van der Waals surface area contributed by atoms with E-state index < -0.39 is 0 Å². The van der Waals surface area contributed by atoms with Gasteiger partial charge >= 0.3 is 0 Å². The molecule has 0 radical (unpaired) electrons. The zero-order valence-electron chi connectivity index (χ0n) is 9.25. The topological polar surface area (TPSA) is 23.8 Å². The lowest BCUT2D eigenvalue weighted by Gasteiger charge is -2.08. The standard InChI is InChI=1S/C14H8Cl2FN/c15-11-5-10(6-12(16)8-11)14-2-1-13(17)7-9(14)3-4-18/h1-2,5-8H,3H2. The maximum Gasteiger partial charge on any atom is 0.123 e. The van der Waals surface area contributed by atoms with Gasteiger partial charge in [-0.3, -0.25) is 0 Å². The highest BCUT2D eigenvalue weighted by molar-refractivity contribution is 6.35. The van der Waals surface area contributed by atoms with E-state index in [4.69, 9.17) is 28.5 Å². The fourth-order valence-corrected chi connectivity index (χ4v) is 2.31. The van der Waals surface area contributed by atoms with Crippen molar-refractivity contribution in [3.05, 3.63) is 57.8 Å². The minimum absolute atomic E-state index is 0.136. The van der Waals surface area contributed by atoms with E-state index in [1.54, 1.807) is 24.3 Å². The van der Waals surface area contributed by atoms with Crippen LogP contribution in [-0.4, -0.2) is 0 Å². The van der Waals surface area contributed by atoms with Gasteiger partial charge in [0.1, 0.15) is 5.82 Å². The first-order valence-corrected chi connectivity index (χ1v) is 5.97. The molecule has 0 unspecified atom stereocenters. The number of nitrogens with zero attached hydrogens (tertiary/aromatic N) is 1. The summed E-state index contributed by atoms with van der Waals surface area (Å²) in [7, 11) is 0. The van der Waals surface area contributed by atoms with Crippen LogP contribution in [0.5, 0.6) is 0 Å². The van der Waals surface area contributed by atoms with Gasteiger partial charge in [-0.15, -0.1) is 0 Å². The lowest BCUT2D eigenvalue weighted by atomic mass is 9.98. The van der Waals surface area contributed by atoms with E-state index in [1.807, 2.05) is 6.07 Å². The first-order valence-electron chi connectivity index (χ1n) is 5.22. The summed E-state index contributed by atoms with van der Waals surface area (Å²) in [5.41, 5.74) is 2.16. The van der Waals surface area contributed by atoms with E-state index in [0.29, 0.717) is 15.6 Å². The molecule has 90 valence electrons. The van der Waals surface area contributed by atoms with E-state index in [1.165, 1.54) is 12.1 Å². The van der Waals surface area contributed by atoms with Crippen LogP contribution in [0.2, 0.25) is 10.0 Å². The second-order valence-corrected chi connectivity index (χ2v) is 4.67. The lowest BCUT2D eigenvalue weighted by molar-refractivity contribution is 0.626. The third-order valence-corrected chi connectivity index (χ3v) is 2.95. The summed E-state index contributed by atoms with van der Waals surface area (Å²) in [6.45, 7) is 0. The highest BCUT2D eigenvalue weighted by Gasteiger charge is 2.08. The molecule has 0 saturated heterocycles. The van der Waals surface area contributed by atoms with Crippen LogP contribution >= 0.6 is 23.2 Å². The third-order valence-electron chi connectivity index (χ3n) is 2.51. The van der Waals surface area contributed by atoms with Crippen LogP contribution in [0, 0.1) is 17.1 Å². The van der Waals surface area contributed by atoms with Crippen LogP contribution in [0.1, 0.15) is 5.56 Å². The van der Waals surface area contributed by atoms with Crippen molar-refractivity contribution < 1.29 is 4.39 Å². The molecule has 0 bridgehead atoms. The number of nitriles is 1. The molecule has 2 aromatic carbocycles. The maximum absolute atomic E-state index is 13.2. The van der Waals surface area contributed by atoms with Gasteiger partial charge in [-0.2, -0.15) is 5.26 Å². The summed E-state index contributed by atoms with van der Waals surface area (Å²) in [4.78, 5) is 0. The Hall–Kier alpha value is -1.56. The molecule has 0 heterocycles. The SMILES string of the molecule is N#CCc1cc(F)ccc1-c1cc(Cl)cc(Cl)c1. The van der Waals surface area contributed by atoms with Gasteiger partial charge in [0.15, 0.2) is 0 Å². The predicted octanol–water partition coefficient (Wildman–Crippen LogP) is 4.87. The van der Waals surface area contributed by atoms with E-state index in [-0.39, 0.29) is 12.2 Å². The molecule has 0 spiro atoms. The largest absolute Gasteiger partial charge is 0.207 e. The Morgan fingerprint density at radius 2 is 1.72 bits per heavy atom. The highest BCUT2D eigenvalue weighted by Crippen LogP contribution is 2.30. The third kappa shape index (κ3) is 2.81. The fourth-order valence-electron chi connectivity index (χ4n) is 1.78. The zero-order chi connectivity index (χ0) is 13.1. The number of hydrogen-bond donors (Lipinski definition) is 0. The maximum atomic E-state index is 13.2. The van der Waals surface area contributed by atoms with Crippen molar-refractivity contribution in [3.8, 4) is 17.2 Å². The van der Waals surface area contributed by atoms with Gasteiger partial charge in [-0.25, -0.2) is 4.39 Å². The normalized spacial score (nSPS) is 10.1. The Morgan fingerprint density at radius 1 is 1.06 bits per heavy atom. The van der Waals surface area contributed by atoms with Crippen molar-refractivity contribution >= 4 is 23.2 Å². The van der Waals surface area contributed by atoms with Crippen LogP contribution in [0.3, 0.4) is 0 Å². The van der Waals surface area contributed by atoms with Gasteiger partial charge in [0, 0.05) is 10.0 Å². The van der Waals surface area contributed by atoms with E-state index in [9.17, 15) is 4.39 Å². The Morgan fingerprint density at radius 3 is 2.33 bits per heavy atom. The summed E-state index contributed by atoms with van der Waals surface area (Å²) in [5.74, 6) is -0.364. The summed E-state index contributed by atoms with van der Waals surface area (Å²) < 4.78 is 13.2. The molecule has 4 heteroatoms. The second-order valence-electron chi connectivity index (χ2n) is 3.79. The van der Waals surface area contributed by atoms with Crippen molar-refractivity contribution in [2.45, 2.75) is 6.42 Å². The molecule has 2 aromatic rings. The molecule has 2 rings (SSSR count). The minimum Gasteiger partial charge on any atom is -0.207 e. The molecule has 1 nitrogen and oxygen atoms in total. The monoisotopic (exact) mass is 279 g/mol. The van der Waals surface area contributed by atoms with Crippen LogP contribution in [-0.2, 0) is 6.42 Å². The van der Waals surface area contributed by atoms with Gasteiger partial charge < -0.3 is 0 Å². The van der Waals surface area contributed by atoms with Gasteiger partial charge in [-0.1, -0.05) is 29.3 Å². The molecule has 0 aliphatic carbocycles. The molecule has 0 amide bonds. The van der Waals surface area contributed by atoms with Crippen LogP contribution in [0.4, 0.5) is 4.39 Å². The Balaban J connectivity index is 2.59. The smallest absolute Gasteiger partial charge is 0.123 e. The molecule has 0 saturated carbocycles. The van der Waals surface area contributed by atoms with Crippen molar-refractivity contribution in [2.75, 3.05) is 0 Å². The summed E-state index contributed by atoms with van der Waals surface area (Å²) in [5, 5.41) is 9.78.